The molecule has 1 aliphatic carbocycles. The Morgan fingerprint density at radius 2 is 2.22 bits per heavy atom. The molecule has 1 heterocycles. The van der Waals surface area contributed by atoms with Crippen LogP contribution in [0.2, 0.25) is 5.02 Å². The molecule has 4 heteroatoms. The van der Waals surface area contributed by atoms with E-state index in [4.69, 9.17) is 16.3 Å². The monoisotopic (exact) mass is 267 g/mol. The molecule has 1 saturated carbocycles. The van der Waals surface area contributed by atoms with E-state index in [0.29, 0.717) is 13.1 Å². The summed E-state index contributed by atoms with van der Waals surface area (Å²) in [6.07, 6.45) is 3.88. The van der Waals surface area contributed by atoms with E-state index in [-0.39, 0.29) is 0 Å². The number of fused-ring (bicyclic) bond motifs is 1. The Morgan fingerprint density at radius 1 is 1.39 bits per heavy atom. The predicted octanol–water partition coefficient (Wildman–Crippen LogP) is 2.28. The number of ether oxygens (including phenoxy) is 1. The van der Waals surface area contributed by atoms with Crippen molar-refractivity contribution in [2.75, 3.05) is 13.2 Å². The Morgan fingerprint density at radius 3 is 2.94 bits per heavy atom. The molecule has 98 valence electrons. The molecule has 1 aromatic rings. The van der Waals surface area contributed by atoms with E-state index in [0.717, 1.165) is 48.6 Å². The predicted molar refractivity (Wildman–Crippen MR) is 71.2 cm³/mol. The maximum absolute atomic E-state index is 10.0. The SMILES string of the molecule is OC1(CNCc2cc(Cl)cc3c2OCC3)CCC1. The van der Waals surface area contributed by atoms with Gasteiger partial charge in [-0.2, -0.15) is 0 Å². The highest BCUT2D eigenvalue weighted by Crippen LogP contribution is 2.33. The van der Waals surface area contributed by atoms with Gasteiger partial charge in [-0.25, -0.2) is 0 Å². The molecular formula is C14H18ClNO2. The average molecular weight is 268 g/mol. The molecule has 1 aliphatic heterocycles. The van der Waals surface area contributed by atoms with E-state index in [2.05, 4.69) is 5.32 Å². The Labute approximate surface area is 112 Å². The molecule has 0 atom stereocenters. The molecule has 1 aromatic carbocycles. The van der Waals surface area contributed by atoms with E-state index >= 15 is 0 Å². The zero-order valence-corrected chi connectivity index (χ0v) is 11.1. The molecule has 0 spiro atoms. The molecular weight excluding hydrogens is 250 g/mol. The Bertz CT molecular complexity index is 457. The highest BCUT2D eigenvalue weighted by atomic mass is 35.5. The summed E-state index contributed by atoms with van der Waals surface area (Å²) in [4.78, 5) is 0. The second-order valence-corrected chi connectivity index (χ2v) is 5.77. The topological polar surface area (TPSA) is 41.5 Å². The molecule has 0 aromatic heterocycles. The van der Waals surface area contributed by atoms with Gasteiger partial charge in [0.25, 0.3) is 0 Å². The lowest BCUT2D eigenvalue weighted by Gasteiger charge is -2.36. The van der Waals surface area contributed by atoms with Crippen LogP contribution < -0.4 is 10.1 Å². The quantitative estimate of drug-likeness (QED) is 0.879. The zero-order valence-electron chi connectivity index (χ0n) is 10.3. The van der Waals surface area contributed by atoms with Crippen molar-refractivity contribution in [3.63, 3.8) is 0 Å². The molecule has 2 aliphatic rings. The Hall–Kier alpha value is -0.770. The molecule has 0 bridgehead atoms. The van der Waals surface area contributed by atoms with Crippen molar-refractivity contribution >= 4 is 11.6 Å². The average Bonchev–Trinajstić information content (AvgIpc) is 2.74. The maximum Gasteiger partial charge on any atom is 0.127 e. The second kappa shape index (κ2) is 4.72. The lowest BCUT2D eigenvalue weighted by Crippen LogP contribution is -2.46. The summed E-state index contributed by atoms with van der Waals surface area (Å²) in [6, 6.07) is 3.93. The van der Waals surface area contributed by atoms with Crippen LogP contribution in [0.15, 0.2) is 12.1 Å². The van der Waals surface area contributed by atoms with Gasteiger partial charge in [0.2, 0.25) is 0 Å². The fourth-order valence-electron chi connectivity index (χ4n) is 2.67. The molecule has 0 saturated heterocycles. The smallest absolute Gasteiger partial charge is 0.127 e. The van der Waals surface area contributed by atoms with E-state index in [1.54, 1.807) is 0 Å². The van der Waals surface area contributed by atoms with Crippen LogP contribution in [-0.2, 0) is 13.0 Å². The number of benzene rings is 1. The van der Waals surface area contributed by atoms with Crippen molar-refractivity contribution < 1.29 is 9.84 Å². The highest BCUT2D eigenvalue weighted by molar-refractivity contribution is 6.30. The molecule has 2 N–H and O–H groups in total. The van der Waals surface area contributed by atoms with Gasteiger partial charge in [0.1, 0.15) is 5.75 Å². The van der Waals surface area contributed by atoms with Crippen LogP contribution >= 0.6 is 11.6 Å². The van der Waals surface area contributed by atoms with Crippen LogP contribution in [0.3, 0.4) is 0 Å². The molecule has 3 nitrogen and oxygen atoms in total. The minimum absolute atomic E-state index is 0.484. The van der Waals surface area contributed by atoms with Gasteiger partial charge >= 0.3 is 0 Å². The van der Waals surface area contributed by atoms with Gasteiger partial charge in [-0.3, -0.25) is 0 Å². The van der Waals surface area contributed by atoms with Gasteiger partial charge in [-0.1, -0.05) is 11.6 Å². The molecule has 18 heavy (non-hydrogen) atoms. The Kier molecular flexibility index (Phi) is 3.22. The van der Waals surface area contributed by atoms with Crippen molar-refractivity contribution in [3.8, 4) is 5.75 Å². The number of aliphatic hydroxyl groups is 1. The fraction of sp³-hybridized carbons (Fsp3) is 0.571. The molecule has 0 amide bonds. The molecule has 0 unspecified atom stereocenters. The molecule has 0 radical (unpaired) electrons. The molecule has 1 fully saturated rings. The summed E-state index contributed by atoms with van der Waals surface area (Å²) in [7, 11) is 0. The third kappa shape index (κ3) is 2.35. The van der Waals surface area contributed by atoms with Crippen LogP contribution in [0, 0.1) is 0 Å². The van der Waals surface area contributed by atoms with Crippen LogP contribution in [0.25, 0.3) is 0 Å². The van der Waals surface area contributed by atoms with Gasteiger partial charge in [-0.15, -0.1) is 0 Å². The Balaban J connectivity index is 1.65. The first-order valence-corrected chi connectivity index (χ1v) is 6.91. The maximum atomic E-state index is 10.0. The third-order valence-electron chi connectivity index (χ3n) is 3.88. The number of hydrogen-bond acceptors (Lipinski definition) is 3. The summed E-state index contributed by atoms with van der Waals surface area (Å²) in [6.45, 7) is 2.09. The highest BCUT2D eigenvalue weighted by Gasteiger charge is 2.33. The number of nitrogens with one attached hydrogen (secondary N) is 1. The minimum atomic E-state index is -0.484. The minimum Gasteiger partial charge on any atom is -0.493 e. The fourth-order valence-corrected chi connectivity index (χ4v) is 2.93. The van der Waals surface area contributed by atoms with Gasteiger partial charge in [0.15, 0.2) is 0 Å². The number of halogens is 1. The van der Waals surface area contributed by atoms with E-state index < -0.39 is 5.60 Å². The first-order valence-electron chi connectivity index (χ1n) is 6.53. The van der Waals surface area contributed by atoms with Crippen LogP contribution in [-0.4, -0.2) is 23.9 Å². The lowest BCUT2D eigenvalue weighted by atomic mass is 9.80. The standard InChI is InChI=1S/C14H18ClNO2/c15-12-6-10-2-5-18-13(10)11(7-12)8-16-9-14(17)3-1-4-14/h6-7,16-17H,1-5,8-9H2. The van der Waals surface area contributed by atoms with Crippen LogP contribution in [0.1, 0.15) is 30.4 Å². The first-order chi connectivity index (χ1) is 8.66. The summed E-state index contributed by atoms with van der Waals surface area (Å²) in [5.41, 5.74) is 1.81. The third-order valence-corrected chi connectivity index (χ3v) is 4.10. The van der Waals surface area contributed by atoms with Crippen LogP contribution in [0.4, 0.5) is 0 Å². The lowest BCUT2D eigenvalue weighted by molar-refractivity contribution is -0.0315. The van der Waals surface area contributed by atoms with Crippen LogP contribution in [0.5, 0.6) is 5.75 Å². The van der Waals surface area contributed by atoms with Gasteiger partial charge in [0, 0.05) is 30.1 Å². The number of rotatable bonds is 4. The molecule has 3 rings (SSSR count). The van der Waals surface area contributed by atoms with Crippen molar-refractivity contribution in [3.05, 3.63) is 28.3 Å². The summed E-state index contributed by atoms with van der Waals surface area (Å²) in [5.74, 6) is 0.979. The normalized spacial score (nSPS) is 20.1. The summed E-state index contributed by atoms with van der Waals surface area (Å²) in [5, 5.41) is 14.1. The van der Waals surface area contributed by atoms with E-state index in [1.165, 1.54) is 5.56 Å². The van der Waals surface area contributed by atoms with Crippen molar-refractivity contribution in [2.24, 2.45) is 0 Å². The van der Waals surface area contributed by atoms with Crippen molar-refractivity contribution in [1.82, 2.24) is 5.32 Å². The van der Waals surface area contributed by atoms with Crippen molar-refractivity contribution in [1.29, 1.82) is 0 Å². The van der Waals surface area contributed by atoms with Gasteiger partial charge in [0.05, 0.1) is 12.2 Å². The zero-order chi connectivity index (χ0) is 12.6. The summed E-state index contributed by atoms with van der Waals surface area (Å²) >= 11 is 6.10. The van der Waals surface area contributed by atoms with E-state index in [1.807, 2.05) is 12.1 Å². The largest absolute Gasteiger partial charge is 0.493 e. The number of hydrogen-bond donors (Lipinski definition) is 2. The van der Waals surface area contributed by atoms with Crippen molar-refractivity contribution in [2.45, 2.75) is 37.8 Å². The van der Waals surface area contributed by atoms with E-state index in [9.17, 15) is 5.11 Å². The summed E-state index contributed by atoms with van der Waals surface area (Å²) < 4.78 is 5.65. The van der Waals surface area contributed by atoms with Gasteiger partial charge < -0.3 is 15.2 Å². The first kappa shape index (κ1) is 12.3. The van der Waals surface area contributed by atoms with Gasteiger partial charge in [-0.05, 0) is 37.0 Å². The second-order valence-electron chi connectivity index (χ2n) is 5.33.